The third kappa shape index (κ3) is 5.04. The van der Waals surface area contributed by atoms with Crippen molar-refractivity contribution in [1.82, 2.24) is 10.3 Å². The largest absolute Gasteiger partial charge is 0.497 e. The number of carbonyl (C=O) groups excluding carboxylic acids is 2. The number of aromatic nitrogens is 1. The maximum atomic E-state index is 12.9. The lowest BCUT2D eigenvalue weighted by Gasteiger charge is -2.21. The molecule has 0 bridgehead atoms. The molecule has 0 saturated heterocycles. The van der Waals surface area contributed by atoms with Crippen LogP contribution in [0.3, 0.4) is 0 Å². The lowest BCUT2D eigenvalue weighted by molar-refractivity contribution is -0.118. The second kappa shape index (κ2) is 9.54. The monoisotopic (exact) mass is 423 g/mol. The van der Waals surface area contributed by atoms with Crippen molar-refractivity contribution in [3.8, 4) is 17.0 Å². The molecule has 6 nitrogen and oxygen atoms in total. The van der Waals surface area contributed by atoms with Crippen LogP contribution >= 0.6 is 11.3 Å². The van der Waals surface area contributed by atoms with Crippen LogP contribution in [0, 0.1) is 12.8 Å². The fraction of sp³-hybridized carbons (Fsp3) is 0.261. The van der Waals surface area contributed by atoms with Crippen LogP contribution in [0.1, 0.15) is 29.1 Å². The molecule has 2 amide bonds. The number of thiazole rings is 1. The van der Waals surface area contributed by atoms with Crippen molar-refractivity contribution in [3.05, 3.63) is 65.0 Å². The second-order valence-electron chi connectivity index (χ2n) is 7.20. The van der Waals surface area contributed by atoms with Gasteiger partial charge in [-0.1, -0.05) is 32.0 Å². The van der Waals surface area contributed by atoms with E-state index in [-0.39, 0.29) is 17.7 Å². The Hall–Kier alpha value is -3.19. The number of rotatable bonds is 7. The molecular formula is C23H25N3O3S. The van der Waals surface area contributed by atoms with Crippen LogP contribution in [0.25, 0.3) is 11.3 Å². The van der Waals surface area contributed by atoms with E-state index in [2.05, 4.69) is 15.6 Å². The summed E-state index contributed by atoms with van der Waals surface area (Å²) in [5.74, 6) is 0.122. The number of nitrogens with zero attached hydrogens (tertiary/aromatic N) is 1. The van der Waals surface area contributed by atoms with Gasteiger partial charge in [-0.15, -0.1) is 11.3 Å². The number of nitrogens with one attached hydrogen (secondary N) is 2. The number of hydrogen-bond acceptors (Lipinski definition) is 5. The molecule has 0 saturated carbocycles. The van der Waals surface area contributed by atoms with Gasteiger partial charge in [0, 0.05) is 16.0 Å². The van der Waals surface area contributed by atoms with E-state index in [4.69, 9.17) is 4.74 Å². The first kappa shape index (κ1) is 21.5. The summed E-state index contributed by atoms with van der Waals surface area (Å²) in [6, 6.07) is 15.8. The molecule has 0 aliphatic carbocycles. The zero-order valence-corrected chi connectivity index (χ0v) is 18.2. The maximum Gasteiger partial charge on any atom is 0.251 e. The Morgan fingerprint density at radius 2 is 1.70 bits per heavy atom. The van der Waals surface area contributed by atoms with E-state index in [9.17, 15) is 9.59 Å². The van der Waals surface area contributed by atoms with Crippen LogP contribution in [0.15, 0.2) is 54.6 Å². The van der Waals surface area contributed by atoms with Gasteiger partial charge in [0.15, 0.2) is 5.13 Å². The SMILES string of the molecule is COc1ccc(-c2nc(NC(=O)C(NC(=O)c3ccccc3)C(C)C)sc2C)cc1. The standard InChI is InChI=1S/C23H25N3O3S/c1-14(2)19(24-21(27)17-8-6-5-7-9-17)22(28)26-23-25-20(15(3)30-23)16-10-12-18(29-4)13-11-16/h5-14,19H,1-4H3,(H,24,27)(H,25,26,28). The van der Waals surface area contributed by atoms with Gasteiger partial charge in [-0.2, -0.15) is 0 Å². The molecular weight excluding hydrogens is 398 g/mol. The first-order valence-electron chi connectivity index (χ1n) is 9.67. The molecule has 7 heteroatoms. The van der Waals surface area contributed by atoms with Crippen LogP contribution in [-0.2, 0) is 4.79 Å². The number of aryl methyl sites for hydroxylation is 1. The Labute approximate surface area is 180 Å². The summed E-state index contributed by atoms with van der Waals surface area (Å²) in [5.41, 5.74) is 2.28. The van der Waals surface area contributed by atoms with Gasteiger partial charge < -0.3 is 15.4 Å². The molecule has 0 aliphatic heterocycles. The zero-order chi connectivity index (χ0) is 21.7. The quantitative estimate of drug-likeness (QED) is 0.585. The molecule has 1 heterocycles. The molecule has 156 valence electrons. The smallest absolute Gasteiger partial charge is 0.251 e. The highest BCUT2D eigenvalue weighted by Gasteiger charge is 2.26. The predicted octanol–water partition coefficient (Wildman–Crippen LogP) is 4.52. The summed E-state index contributed by atoms with van der Waals surface area (Å²) < 4.78 is 5.20. The Morgan fingerprint density at radius 1 is 1.03 bits per heavy atom. The zero-order valence-electron chi connectivity index (χ0n) is 17.4. The lowest BCUT2D eigenvalue weighted by atomic mass is 10.0. The van der Waals surface area contributed by atoms with Gasteiger partial charge in [0.05, 0.1) is 12.8 Å². The number of ether oxygens (including phenoxy) is 1. The molecule has 3 rings (SSSR count). The minimum Gasteiger partial charge on any atom is -0.497 e. The van der Waals surface area contributed by atoms with Crippen molar-refractivity contribution in [3.63, 3.8) is 0 Å². The molecule has 2 N–H and O–H groups in total. The second-order valence-corrected chi connectivity index (χ2v) is 8.41. The molecule has 2 aromatic carbocycles. The van der Waals surface area contributed by atoms with Gasteiger partial charge in [0.25, 0.3) is 5.91 Å². The highest BCUT2D eigenvalue weighted by molar-refractivity contribution is 7.16. The van der Waals surface area contributed by atoms with Gasteiger partial charge in [-0.05, 0) is 49.2 Å². The normalized spacial score (nSPS) is 11.8. The molecule has 0 radical (unpaired) electrons. The Balaban J connectivity index is 1.73. The molecule has 0 fully saturated rings. The van der Waals surface area contributed by atoms with Crippen LogP contribution in [0.2, 0.25) is 0 Å². The topological polar surface area (TPSA) is 80.3 Å². The summed E-state index contributed by atoms with van der Waals surface area (Å²) in [7, 11) is 1.62. The number of anilines is 1. The van der Waals surface area contributed by atoms with Gasteiger partial charge in [-0.25, -0.2) is 4.98 Å². The molecule has 1 aromatic heterocycles. The highest BCUT2D eigenvalue weighted by Crippen LogP contribution is 2.31. The van der Waals surface area contributed by atoms with Crippen molar-refractivity contribution in [2.75, 3.05) is 12.4 Å². The fourth-order valence-electron chi connectivity index (χ4n) is 3.00. The fourth-order valence-corrected chi connectivity index (χ4v) is 3.84. The summed E-state index contributed by atoms with van der Waals surface area (Å²) in [4.78, 5) is 31.0. The van der Waals surface area contributed by atoms with E-state index in [1.165, 1.54) is 11.3 Å². The number of methoxy groups -OCH3 is 1. The van der Waals surface area contributed by atoms with Crippen LogP contribution < -0.4 is 15.4 Å². The van der Waals surface area contributed by atoms with Gasteiger partial charge >= 0.3 is 0 Å². The predicted molar refractivity (Wildman–Crippen MR) is 120 cm³/mol. The maximum absolute atomic E-state index is 12.9. The van der Waals surface area contributed by atoms with Crippen molar-refractivity contribution in [2.45, 2.75) is 26.8 Å². The molecule has 0 aliphatic rings. The minimum atomic E-state index is -0.675. The molecule has 0 spiro atoms. The minimum absolute atomic E-state index is 0.0835. The average molecular weight is 424 g/mol. The summed E-state index contributed by atoms with van der Waals surface area (Å²) in [6.45, 7) is 5.75. The van der Waals surface area contributed by atoms with Crippen LogP contribution in [-0.4, -0.2) is 29.9 Å². The van der Waals surface area contributed by atoms with Gasteiger partial charge in [-0.3, -0.25) is 9.59 Å². The van der Waals surface area contributed by atoms with Crippen molar-refractivity contribution < 1.29 is 14.3 Å². The number of amides is 2. The first-order valence-corrected chi connectivity index (χ1v) is 10.5. The van der Waals surface area contributed by atoms with Crippen molar-refractivity contribution in [1.29, 1.82) is 0 Å². The number of benzene rings is 2. The molecule has 30 heavy (non-hydrogen) atoms. The van der Waals surface area contributed by atoms with Crippen molar-refractivity contribution >= 4 is 28.3 Å². The number of carbonyl (C=O) groups is 2. The summed E-state index contributed by atoms with van der Waals surface area (Å²) in [5, 5.41) is 6.20. The van der Waals surface area contributed by atoms with Gasteiger partial charge in [0.1, 0.15) is 11.8 Å². The first-order chi connectivity index (χ1) is 14.4. The Kier molecular flexibility index (Phi) is 6.84. The Bertz CT molecular complexity index is 1010. The van der Waals surface area contributed by atoms with E-state index in [0.29, 0.717) is 10.7 Å². The lowest BCUT2D eigenvalue weighted by Crippen LogP contribution is -2.47. The van der Waals surface area contributed by atoms with E-state index in [1.807, 2.05) is 51.1 Å². The van der Waals surface area contributed by atoms with Crippen molar-refractivity contribution in [2.24, 2.45) is 5.92 Å². The summed E-state index contributed by atoms with van der Waals surface area (Å²) >= 11 is 1.40. The highest BCUT2D eigenvalue weighted by atomic mass is 32.1. The summed E-state index contributed by atoms with van der Waals surface area (Å²) in [6.07, 6.45) is 0. The third-order valence-electron chi connectivity index (χ3n) is 4.66. The molecule has 1 atom stereocenters. The van der Waals surface area contributed by atoms with Gasteiger partial charge in [0.2, 0.25) is 5.91 Å². The molecule has 1 unspecified atom stereocenters. The number of hydrogen-bond donors (Lipinski definition) is 2. The van der Waals surface area contributed by atoms with Crippen LogP contribution in [0.4, 0.5) is 5.13 Å². The Morgan fingerprint density at radius 3 is 2.30 bits per heavy atom. The van der Waals surface area contributed by atoms with E-state index in [0.717, 1.165) is 21.9 Å². The van der Waals surface area contributed by atoms with Crippen LogP contribution in [0.5, 0.6) is 5.75 Å². The average Bonchev–Trinajstić information content (AvgIpc) is 3.12. The van der Waals surface area contributed by atoms with E-state index < -0.39 is 6.04 Å². The van der Waals surface area contributed by atoms with E-state index >= 15 is 0 Å². The van der Waals surface area contributed by atoms with E-state index in [1.54, 1.807) is 31.4 Å². The molecule has 3 aromatic rings. The third-order valence-corrected chi connectivity index (χ3v) is 5.55.